The zero-order valence-electron chi connectivity index (χ0n) is 11.3. The minimum Gasteiger partial charge on any atom is -0.497 e. The molecule has 0 atom stereocenters. The number of carbonyl (C=O) groups is 1. The molecule has 0 saturated carbocycles. The number of benzene rings is 2. The minimum atomic E-state index is -1.34. The van der Waals surface area contributed by atoms with Gasteiger partial charge in [-0.15, -0.1) is 0 Å². The molecular formula is C15H14FNO4. The van der Waals surface area contributed by atoms with Crippen molar-refractivity contribution >= 4 is 11.7 Å². The van der Waals surface area contributed by atoms with Gasteiger partial charge in [0.05, 0.1) is 12.8 Å². The van der Waals surface area contributed by atoms with Gasteiger partial charge in [0.2, 0.25) is 0 Å². The molecule has 2 aromatic rings. The topological polar surface area (TPSA) is 81.8 Å². The van der Waals surface area contributed by atoms with E-state index in [4.69, 9.17) is 20.3 Å². The van der Waals surface area contributed by atoms with Gasteiger partial charge in [0.1, 0.15) is 29.5 Å². The molecule has 0 bridgehead atoms. The lowest BCUT2D eigenvalue weighted by atomic mass is 10.1. The van der Waals surface area contributed by atoms with Crippen LogP contribution in [0.15, 0.2) is 36.4 Å². The first-order valence-corrected chi connectivity index (χ1v) is 6.10. The van der Waals surface area contributed by atoms with Crippen LogP contribution in [0, 0.1) is 5.82 Å². The summed E-state index contributed by atoms with van der Waals surface area (Å²) in [7, 11) is 1.54. The van der Waals surface area contributed by atoms with Crippen molar-refractivity contribution < 1.29 is 23.8 Å². The Balaban J connectivity index is 2.24. The highest BCUT2D eigenvalue weighted by Gasteiger charge is 2.18. The first kappa shape index (κ1) is 14.6. The molecule has 6 heteroatoms. The summed E-state index contributed by atoms with van der Waals surface area (Å²) in [4.78, 5) is 11.2. The number of ether oxygens (including phenoxy) is 2. The summed E-state index contributed by atoms with van der Waals surface area (Å²) in [5.74, 6) is -1.45. The van der Waals surface area contributed by atoms with Crippen LogP contribution in [0.25, 0.3) is 0 Å². The van der Waals surface area contributed by atoms with Gasteiger partial charge in [0.15, 0.2) is 0 Å². The average Bonchev–Trinajstić information content (AvgIpc) is 2.48. The second-order valence-electron chi connectivity index (χ2n) is 4.28. The molecule has 0 aliphatic carbocycles. The molecule has 0 spiro atoms. The molecule has 0 radical (unpaired) electrons. The number of hydrogen-bond acceptors (Lipinski definition) is 4. The molecule has 0 fully saturated rings. The molecule has 0 aliphatic rings. The summed E-state index contributed by atoms with van der Waals surface area (Å²) < 4.78 is 23.8. The normalized spacial score (nSPS) is 10.2. The van der Waals surface area contributed by atoms with Gasteiger partial charge in [0, 0.05) is 0 Å². The van der Waals surface area contributed by atoms with Gasteiger partial charge < -0.3 is 20.3 Å². The van der Waals surface area contributed by atoms with E-state index < -0.39 is 17.5 Å². The Kier molecular flexibility index (Phi) is 4.27. The maximum absolute atomic E-state index is 13.3. The van der Waals surface area contributed by atoms with Crippen molar-refractivity contribution in [1.29, 1.82) is 0 Å². The highest BCUT2D eigenvalue weighted by Crippen LogP contribution is 2.28. The molecule has 21 heavy (non-hydrogen) atoms. The number of nitrogen functional groups attached to an aromatic ring is 1. The third kappa shape index (κ3) is 3.22. The number of aromatic carboxylic acids is 1. The van der Waals surface area contributed by atoms with Gasteiger partial charge in [0.25, 0.3) is 0 Å². The van der Waals surface area contributed by atoms with Crippen LogP contribution in [0.2, 0.25) is 0 Å². The third-order valence-electron chi connectivity index (χ3n) is 2.90. The Morgan fingerprint density at radius 1 is 1.33 bits per heavy atom. The first-order chi connectivity index (χ1) is 10.0. The second-order valence-corrected chi connectivity index (χ2v) is 4.28. The summed E-state index contributed by atoms with van der Waals surface area (Å²) in [5, 5.41) is 9.10. The molecule has 0 aliphatic heterocycles. The second kappa shape index (κ2) is 6.13. The smallest absolute Gasteiger partial charge is 0.341 e. The van der Waals surface area contributed by atoms with Crippen molar-refractivity contribution in [3.63, 3.8) is 0 Å². The molecule has 0 unspecified atom stereocenters. The van der Waals surface area contributed by atoms with Crippen LogP contribution in [0.3, 0.4) is 0 Å². The zero-order chi connectivity index (χ0) is 15.4. The predicted octanol–water partition coefficient (Wildman–Crippen LogP) is 2.69. The molecule has 110 valence electrons. The minimum absolute atomic E-state index is 0.0178. The number of anilines is 1. The van der Waals surface area contributed by atoms with E-state index in [2.05, 4.69) is 0 Å². The van der Waals surface area contributed by atoms with Crippen LogP contribution in [0.5, 0.6) is 11.5 Å². The van der Waals surface area contributed by atoms with Gasteiger partial charge in [-0.1, -0.05) is 12.1 Å². The molecular weight excluding hydrogens is 277 g/mol. The number of nitrogens with two attached hydrogens (primary N) is 1. The summed E-state index contributed by atoms with van der Waals surface area (Å²) in [6.45, 7) is 0.114. The van der Waals surface area contributed by atoms with Crippen LogP contribution in [-0.2, 0) is 6.61 Å². The van der Waals surface area contributed by atoms with Gasteiger partial charge in [-0.2, -0.15) is 0 Å². The average molecular weight is 291 g/mol. The van der Waals surface area contributed by atoms with E-state index in [1.54, 1.807) is 31.4 Å². The van der Waals surface area contributed by atoms with Gasteiger partial charge >= 0.3 is 5.97 Å². The van der Waals surface area contributed by atoms with Gasteiger partial charge in [-0.25, -0.2) is 9.18 Å². The Bertz CT molecular complexity index is 673. The number of hydrogen-bond donors (Lipinski definition) is 2. The first-order valence-electron chi connectivity index (χ1n) is 6.10. The standard InChI is InChI=1S/C15H14FNO4/c1-20-10-4-2-3-9(7-10)8-21-12-6-5-11(16)14(17)13(12)15(18)19/h2-7H,8,17H2,1H3,(H,18,19). The van der Waals surface area contributed by atoms with E-state index in [1.807, 2.05) is 0 Å². The largest absolute Gasteiger partial charge is 0.497 e. The fraction of sp³-hybridized carbons (Fsp3) is 0.133. The molecule has 0 aromatic heterocycles. The Hall–Kier alpha value is -2.76. The van der Waals surface area contributed by atoms with Crippen molar-refractivity contribution in [1.82, 2.24) is 0 Å². The van der Waals surface area contributed by atoms with Crippen molar-refractivity contribution in [2.75, 3.05) is 12.8 Å². The molecule has 0 heterocycles. The summed E-state index contributed by atoms with van der Waals surface area (Å²) in [6.07, 6.45) is 0. The van der Waals surface area contributed by atoms with Crippen molar-refractivity contribution in [3.8, 4) is 11.5 Å². The van der Waals surface area contributed by atoms with E-state index in [0.29, 0.717) is 5.75 Å². The van der Waals surface area contributed by atoms with E-state index in [0.717, 1.165) is 11.6 Å². The van der Waals surface area contributed by atoms with E-state index in [9.17, 15) is 9.18 Å². The van der Waals surface area contributed by atoms with Crippen molar-refractivity contribution in [2.24, 2.45) is 0 Å². The zero-order valence-corrected chi connectivity index (χ0v) is 11.3. The quantitative estimate of drug-likeness (QED) is 0.828. The van der Waals surface area contributed by atoms with Crippen LogP contribution in [0.1, 0.15) is 15.9 Å². The molecule has 2 aromatic carbocycles. The highest BCUT2D eigenvalue weighted by molar-refractivity contribution is 5.96. The SMILES string of the molecule is COc1cccc(COc2ccc(F)c(N)c2C(=O)O)c1. The Morgan fingerprint density at radius 3 is 2.76 bits per heavy atom. The number of methoxy groups -OCH3 is 1. The maximum atomic E-state index is 13.3. The maximum Gasteiger partial charge on any atom is 0.341 e. The lowest BCUT2D eigenvalue weighted by Crippen LogP contribution is -2.08. The van der Waals surface area contributed by atoms with Crippen LogP contribution in [0.4, 0.5) is 10.1 Å². The lowest BCUT2D eigenvalue weighted by molar-refractivity contribution is 0.0692. The number of carboxylic acids is 1. The summed E-state index contributed by atoms with van der Waals surface area (Å²) in [5.41, 5.74) is 5.41. The predicted molar refractivity (Wildman–Crippen MR) is 75.1 cm³/mol. The molecule has 3 N–H and O–H groups in total. The number of halogens is 1. The van der Waals surface area contributed by atoms with E-state index >= 15 is 0 Å². The molecule has 0 amide bonds. The van der Waals surface area contributed by atoms with Crippen LogP contribution in [-0.4, -0.2) is 18.2 Å². The van der Waals surface area contributed by atoms with E-state index in [-0.39, 0.29) is 17.9 Å². The van der Waals surface area contributed by atoms with Gasteiger partial charge in [-0.05, 0) is 29.8 Å². The number of rotatable bonds is 5. The number of carboxylic acid groups (broad SMARTS) is 1. The third-order valence-corrected chi connectivity index (χ3v) is 2.90. The molecule has 0 saturated heterocycles. The summed E-state index contributed by atoms with van der Waals surface area (Å²) in [6, 6.07) is 9.44. The van der Waals surface area contributed by atoms with Crippen LogP contribution >= 0.6 is 0 Å². The Morgan fingerprint density at radius 2 is 2.10 bits per heavy atom. The van der Waals surface area contributed by atoms with Crippen molar-refractivity contribution in [3.05, 3.63) is 53.3 Å². The van der Waals surface area contributed by atoms with E-state index in [1.165, 1.54) is 6.07 Å². The van der Waals surface area contributed by atoms with Crippen molar-refractivity contribution in [2.45, 2.75) is 6.61 Å². The molecule has 5 nitrogen and oxygen atoms in total. The Labute approximate surface area is 120 Å². The van der Waals surface area contributed by atoms with Crippen LogP contribution < -0.4 is 15.2 Å². The highest BCUT2D eigenvalue weighted by atomic mass is 19.1. The van der Waals surface area contributed by atoms with Gasteiger partial charge in [-0.3, -0.25) is 0 Å². The molecule has 2 rings (SSSR count). The monoisotopic (exact) mass is 291 g/mol. The summed E-state index contributed by atoms with van der Waals surface area (Å²) >= 11 is 0. The fourth-order valence-electron chi connectivity index (χ4n) is 1.84. The lowest BCUT2D eigenvalue weighted by Gasteiger charge is -2.12. The fourth-order valence-corrected chi connectivity index (χ4v) is 1.84.